The van der Waals surface area contributed by atoms with Crippen molar-refractivity contribution in [3.05, 3.63) is 59.7 Å². The first-order chi connectivity index (χ1) is 17.2. The van der Waals surface area contributed by atoms with E-state index in [0.29, 0.717) is 50.3 Å². The molecule has 36 heavy (non-hydrogen) atoms. The van der Waals surface area contributed by atoms with Crippen molar-refractivity contribution in [3.63, 3.8) is 0 Å². The Hall–Kier alpha value is -2.70. The standard InChI is InChI=1S/C30H44N2O4/c1-7-19-35-27-15-11-23(12-16-27)29(33)25(21-31(3)4)9-10-26(22-32(5)6)30(34)24-13-17-28(18-14-24)36-20-8-2/h11-18,25-26H,7-10,19-22H2,1-6H3/t25-,26-/m1/s1. The largest absolute Gasteiger partial charge is 0.494 e. The summed E-state index contributed by atoms with van der Waals surface area (Å²) in [4.78, 5) is 30.9. The Bertz CT molecular complexity index is 845. The highest BCUT2D eigenvalue weighted by Gasteiger charge is 2.26. The number of rotatable bonds is 17. The van der Waals surface area contributed by atoms with Crippen LogP contribution in [-0.4, -0.2) is 75.9 Å². The summed E-state index contributed by atoms with van der Waals surface area (Å²) in [6.07, 6.45) is 3.17. The van der Waals surface area contributed by atoms with Gasteiger partial charge in [-0.3, -0.25) is 9.59 Å². The third-order valence-corrected chi connectivity index (χ3v) is 6.00. The molecule has 2 aromatic rings. The lowest BCUT2D eigenvalue weighted by Crippen LogP contribution is -2.32. The van der Waals surface area contributed by atoms with Gasteiger partial charge in [0.05, 0.1) is 13.2 Å². The number of hydrogen-bond acceptors (Lipinski definition) is 6. The summed E-state index contributed by atoms with van der Waals surface area (Å²) in [7, 11) is 7.92. The van der Waals surface area contributed by atoms with Gasteiger partial charge in [0, 0.05) is 36.1 Å². The summed E-state index contributed by atoms with van der Waals surface area (Å²) in [6, 6.07) is 14.8. The zero-order valence-corrected chi connectivity index (χ0v) is 23.0. The van der Waals surface area contributed by atoms with Crippen LogP contribution in [0.1, 0.15) is 60.2 Å². The molecule has 0 fully saturated rings. The average Bonchev–Trinajstić information content (AvgIpc) is 2.87. The van der Waals surface area contributed by atoms with Crippen molar-refractivity contribution < 1.29 is 19.1 Å². The van der Waals surface area contributed by atoms with Crippen LogP contribution >= 0.6 is 0 Å². The Morgan fingerprint density at radius 2 is 0.972 bits per heavy atom. The SMILES string of the molecule is CCCOc1ccc(C(=O)[C@H](CC[C@H](CN(C)C)C(=O)c2ccc(OCCC)cc2)CN(C)C)cc1. The number of nitrogens with zero attached hydrogens (tertiary/aromatic N) is 2. The Balaban J connectivity index is 2.13. The van der Waals surface area contributed by atoms with E-state index in [2.05, 4.69) is 13.8 Å². The van der Waals surface area contributed by atoms with E-state index >= 15 is 0 Å². The van der Waals surface area contributed by atoms with E-state index in [1.165, 1.54) is 0 Å². The van der Waals surface area contributed by atoms with Crippen LogP contribution in [0.3, 0.4) is 0 Å². The van der Waals surface area contributed by atoms with Crippen LogP contribution < -0.4 is 9.47 Å². The van der Waals surface area contributed by atoms with Gasteiger partial charge in [-0.1, -0.05) is 13.8 Å². The first kappa shape index (κ1) is 29.5. The number of ether oxygens (including phenoxy) is 2. The molecule has 6 heteroatoms. The minimum atomic E-state index is -0.190. The van der Waals surface area contributed by atoms with E-state index in [1.807, 2.05) is 86.5 Å². The molecule has 2 aromatic carbocycles. The lowest BCUT2D eigenvalue weighted by molar-refractivity contribution is 0.0834. The highest BCUT2D eigenvalue weighted by molar-refractivity contribution is 5.99. The molecule has 2 rings (SSSR count). The lowest BCUT2D eigenvalue weighted by Gasteiger charge is -2.24. The van der Waals surface area contributed by atoms with Crippen molar-refractivity contribution in [1.29, 1.82) is 0 Å². The highest BCUT2D eigenvalue weighted by atomic mass is 16.5. The van der Waals surface area contributed by atoms with Crippen LogP contribution in [0.15, 0.2) is 48.5 Å². The molecular formula is C30H44N2O4. The van der Waals surface area contributed by atoms with Crippen molar-refractivity contribution in [2.75, 3.05) is 54.5 Å². The molecule has 0 saturated carbocycles. The smallest absolute Gasteiger partial charge is 0.167 e. The number of carbonyl (C=O) groups excluding carboxylic acids is 2. The third kappa shape index (κ3) is 9.75. The van der Waals surface area contributed by atoms with Gasteiger partial charge in [0.15, 0.2) is 11.6 Å². The molecule has 0 bridgehead atoms. The van der Waals surface area contributed by atoms with Gasteiger partial charge in [-0.15, -0.1) is 0 Å². The fraction of sp³-hybridized carbons (Fsp3) is 0.533. The maximum Gasteiger partial charge on any atom is 0.167 e. The summed E-state index contributed by atoms with van der Waals surface area (Å²) < 4.78 is 11.3. The number of benzene rings is 2. The molecule has 0 aliphatic carbocycles. The Morgan fingerprint density at radius 1 is 0.639 bits per heavy atom. The van der Waals surface area contributed by atoms with Crippen LogP contribution in [0.25, 0.3) is 0 Å². The summed E-state index contributed by atoms with van der Waals surface area (Å²) in [5, 5.41) is 0. The first-order valence-electron chi connectivity index (χ1n) is 13.1. The summed E-state index contributed by atoms with van der Waals surface area (Å²) in [5.41, 5.74) is 1.37. The Kier molecular flexibility index (Phi) is 12.6. The zero-order valence-electron chi connectivity index (χ0n) is 23.0. The van der Waals surface area contributed by atoms with Crippen LogP contribution in [0.5, 0.6) is 11.5 Å². The zero-order chi connectivity index (χ0) is 26.5. The average molecular weight is 497 g/mol. The van der Waals surface area contributed by atoms with Crippen LogP contribution in [0, 0.1) is 11.8 Å². The van der Waals surface area contributed by atoms with Crippen molar-refractivity contribution >= 4 is 11.6 Å². The number of carbonyl (C=O) groups is 2. The molecule has 6 nitrogen and oxygen atoms in total. The summed E-state index contributed by atoms with van der Waals surface area (Å²) in [5.74, 6) is 1.40. The fourth-order valence-corrected chi connectivity index (χ4v) is 4.24. The molecule has 0 unspecified atom stereocenters. The lowest BCUT2D eigenvalue weighted by atomic mass is 9.86. The molecule has 0 N–H and O–H groups in total. The Labute approximate surface area is 217 Å². The second-order valence-corrected chi connectivity index (χ2v) is 9.97. The molecule has 198 valence electrons. The van der Waals surface area contributed by atoms with Crippen LogP contribution in [0.2, 0.25) is 0 Å². The highest BCUT2D eigenvalue weighted by Crippen LogP contribution is 2.24. The molecule has 0 spiro atoms. The third-order valence-electron chi connectivity index (χ3n) is 6.00. The number of ketones is 2. The monoisotopic (exact) mass is 496 g/mol. The topological polar surface area (TPSA) is 59.1 Å². The number of Topliss-reactive ketones (excluding diaryl/α,β-unsaturated/α-hetero) is 2. The molecular weight excluding hydrogens is 452 g/mol. The molecule has 0 heterocycles. The van der Waals surface area contributed by atoms with Crippen molar-refractivity contribution in [1.82, 2.24) is 9.80 Å². The molecule has 0 aliphatic rings. The maximum atomic E-state index is 13.4. The van der Waals surface area contributed by atoms with E-state index in [1.54, 1.807) is 0 Å². The minimum Gasteiger partial charge on any atom is -0.494 e. The van der Waals surface area contributed by atoms with Gasteiger partial charge in [-0.25, -0.2) is 0 Å². The van der Waals surface area contributed by atoms with Gasteiger partial charge in [-0.2, -0.15) is 0 Å². The quantitative estimate of drug-likeness (QED) is 0.271. The van der Waals surface area contributed by atoms with Gasteiger partial charge in [0.25, 0.3) is 0 Å². The van der Waals surface area contributed by atoms with E-state index in [9.17, 15) is 9.59 Å². The van der Waals surface area contributed by atoms with Gasteiger partial charge < -0.3 is 19.3 Å². The van der Waals surface area contributed by atoms with Crippen molar-refractivity contribution in [2.45, 2.75) is 39.5 Å². The molecule has 0 amide bonds. The van der Waals surface area contributed by atoms with E-state index in [0.717, 1.165) is 24.3 Å². The van der Waals surface area contributed by atoms with Gasteiger partial charge in [0.2, 0.25) is 0 Å². The van der Waals surface area contributed by atoms with Crippen LogP contribution in [0.4, 0.5) is 0 Å². The fourth-order valence-electron chi connectivity index (χ4n) is 4.24. The molecule has 0 aromatic heterocycles. The normalized spacial score (nSPS) is 13.0. The second kappa shape index (κ2) is 15.4. The minimum absolute atomic E-state index is 0.110. The van der Waals surface area contributed by atoms with Gasteiger partial charge in [0.1, 0.15) is 11.5 Å². The van der Waals surface area contributed by atoms with Crippen molar-refractivity contribution in [3.8, 4) is 11.5 Å². The van der Waals surface area contributed by atoms with E-state index in [4.69, 9.17) is 9.47 Å². The number of hydrogen-bond donors (Lipinski definition) is 0. The first-order valence-corrected chi connectivity index (χ1v) is 13.1. The van der Waals surface area contributed by atoms with E-state index in [-0.39, 0.29) is 23.4 Å². The van der Waals surface area contributed by atoms with E-state index < -0.39 is 0 Å². The predicted molar refractivity (Wildman–Crippen MR) is 146 cm³/mol. The van der Waals surface area contributed by atoms with Gasteiger partial charge in [-0.05, 0) is 102 Å². The predicted octanol–water partition coefficient (Wildman–Crippen LogP) is 5.47. The molecule has 0 saturated heterocycles. The van der Waals surface area contributed by atoms with Gasteiger partial charge >= 0.3 is 0 Å². The molecule has 0 aliphatic heterocycles. The summed E-state index contributed by atoms with van der Waals surface area (Å²) >= 11 is 0. The maximum absolute atomic E-state index is 13.4. The molecule has 2 atom stereocenters. The second-order valence-electron chi connectivity index (χ2n) is 9.97. The van der Waals surface area contributed by atoms with Crippen molar-refractivity contribution in [2.24, 2.45) is 11.8 Å². The summed E-state index contributed by atoms with van der Waals surface area (Å²) in [6.45, 7) is 6.72. The molecule has 0 radical (unpaired) electrons. The Morgan fingerprint density at radius 3 is 1.25 bits per heavy atom. The van der Waals surface area contributed by atoms with Crippen LogP contribution in [-0.2, 0) is 0 Å².